The molecule has 108 valence electrons. The van der Waals surface area contributed by atoms with Gasteiger partial charge in [-0.15, -0.1) is 0 Å². The van der Waals surface area contributed by atoms with E-state index in [-0.39, 0.29) is 17.7 Å². The number of amidine groups is 1. The Hall–Kier alpha value is -1.75. The van der Waals surface area contributed by atoms with E-state index in [0.29, 0.717) is 36.5 Å². The number of rotatable bonds is 2. The van der Waals surface area contributed by atoms with Crippen molar-refractivity contribution in [3.05, 3.63) is 34.3 Å². The molecule has 1 saturated heterocycles. The fourth-order valence-corrected chi connectivity index (χ4v) is 2.54. The Bertz CT molecular complexity index is 537. The number of hydrogen-bond acceptors (Lipinski definition) is 3. The molecule has 2 rings (SSSR count). The fourth-order valence-electron chi connectivity index (χ4n) is 2.42. The number of amides is 1. The van der Waals surface area contributed by atoms with Crippen LogP contribution in [-0.4, -0.2) is 34.9 Å². The lowest BCUT2D eigenvalue weighted by atomic mass is 9.95. The summed E-state index contributed by atoms with van der Waals surface area (Å²) in [6, 6.07) is 5.29. The third kappa shape index (κ3) is 3.04. The number of piperidine rings is 1. The topological polar surface area (TPSA) is 78.9 Å². The number of carbonyl (C=O) groups is 1. The van der Waals surface area contributed by atoms with E-state index < -0.39 is 0 Å². The molecule has 1 aromatic rings. The molecule has 0 aromatic heterocycles. The van der Waals surface area contributed by atoms with Gasteiger partial charge in [-0.1, -0.05) is 16.8 Å². The molecule has 20 heavy (non-hydrogen) atoms. The fraction of sp³-hybridized carbons (Fsp3) is 0.429. The van der Waals surface area contributed by atoms with Gasteiger partial charge in [0.05, 0.1) is 0 Å². The SMILES string of the molecule is Cc1cc(C(=O)N2CCC(/C(N)=N/O)CC2)ccc1Cl. The van der Waals surface area contributed by atoms with E-state index in [1.54, 1.807) is 23.1 Å². The zero-order chi connectivity index (χ0) is 14.7. The predicted octanol–water partition coefficient (Wildman–Crippen LogP) is 2.25. The van der Waals surface area contributed by atoms with E-state index in [1.807, 2.05) is 6.92 Å². The second-order valence-electron chi connectivity index (χ2n) is 5.06. The van der Waals surface area contributed by atoms with Crippen LogP contribution in [0.4, 0.5) is 0 Å². The minimum atomic E-state index is 0.00252. The second-order valence-corrected chi connectivity index (χ2v) is 5.46. The zero-order valence-corrected chi connectivity index (χ0v) is 12.1. The monoisotopic (exact) mass is 295 g/mol. The van der Waals surface area contributed by atoms with Gasteiger partial charge in [0, 0.05) is 29.6 Å². The molecule has 1 aliphatic rings. The lowest BCUT2D eigenvalue weighted by Crippen LogP contribution is -2.41. The number of carbonyl (C=O) groups excluding carboxylic acids is 1. The number of likely N-dealkylation sites (tertiary alicyclic amines) is 1. The molecule has 1 aliphatic heterocycles. The van der Waals surface area contributed by atoms with Crippen molar-refractivity contribution >= 4 is 23.3 Å². The van der Waals surface area contributed by atoms with Crippen LogP contribution in [0.3, 0.4) is 0 Å². The molecule has 0 bridgehead atoms. The van der Waals surface area contributed by atoms with Crippen LogP contribution in [0.1, 0.15) is 28.8 Å². The molecule has 0 atom stereocenters. The molecule has 0 aliphatic carbocycles. The molecule has 0 unspecified atom stereocenters. The molecule has 0 spiro atoms. The molecule has 1 heterocycles. The highest BCUT2D eigenvalue weighted by Crippen LogP contribution is 2.21. The Kier molecular flexibility index (Phi) is 4.49. The number of aryl methyl sites for hydroxylation is 1. The van der Waals surface area contributed by atoms with Crippen molar-refractivity contribution in [3.63, 3.8) is 0 Å². The van der Waals surface area contributed by atoms with Crippen LogP contribution in [0.5, 0.6) is 0 Å². The maximum absolute atomic E-state index is 12.4. The number of nitrogens with two attached hydrogens (primary N) is 1. The summed E-state index contributed by atoms with van der Waals surface area (Å²) in [5, 5.41) is 12.4. The van der Waals surface area contributed by atoms with Gasteiger partial charge < -0.3 is 15.8 Å². The van der Waals surface area contributed by atoms with Gasteiger partial charge in [-0.25, -0.2) is 0 Å². The van der Waals surface area contributed by atoms with Crippen LogP contribution >= 0.6 is 11.6 Å². The van der Waals surface area contributed by atoms with E-state index in [0.717, 1.165) is 5.56 Å². The molecular formula is C14H18ClN3O2. The summed E-state index contributed by atoms with van der Waals surface area (Å²) in [4.78, 5) is 14.2. The number of benzene rings is 1. The van der Waals surface area contributed by atoms with Gasteiger partial charge in [0.15, 0.2) is 0 Å². The van der Waals surface area contributed by atoms with Crippen molar-refractivity contribution in [3.8, 4) is 0 Å². The van der Waals surface area contributed by atoms with Gasteiger partial charge in [0.1, 0.15) is 5.84 Å². The lowest BCUT2D eigenvalue weighted by molar-refractivity contribution is 0.0709. The molecular weight excluding hydrogens is 278 g/mol. The molecule has 5 nitrogen and oxygen atoms in total. The Morgan fingerprint density at radius 1 is 1.45 bits per heavy atom. The van der Waals surface area contributed by atoms with Crippen LogP contribution in [0.25, 0.3) is 0 Å². The number of halogens is 1. The highest BCUT2D eigenvalue weighted by atomic mass is 35.5. The molecule has 0 saturated carbocycles. The third-order valence-electron chi connectivity index (χ3n) is 3.72. The lowest BCUT2D eigenvalue weighted by Gasteiger charge is -2.31. The third-order valence-corrected chi connectivity index (χ3v) is 4.14. The molecule has 1 fully saturated rings. The van der Waals surface area contributed by atoms with Gasteiger partial charge in [0.2, 0.25) is 0 Å². The van der Waals surface area contributed by atoms with Crippen molar-refractivity contribution in [2.24, 2.45) is 16.8 Å². The Morgan fingerprint density at radius 3 is 2.65 bits per heavy atom. The van der Waals surface area contributed by atoms with Gasteiger partial charge in [-0.05, 0) is 43.5 Å². The maximum Gasteiger partial charge on any atom is 0.253 e. The summed E-state index contributed by atoms with van der Waals surface area (Å²) in [5.41, 5.74) is 7.14. The van der Waals surface area contributed by atoms with Gasteiger partial charge in [-0.2, -0.15) is 0 Å². The van der Waals surface area contributed by atoms with Gasteiger partial charge >= 0.3 is 0 Å². The standard InChI is InChI=1S/C14H18ClN3O2/c1-9-8-11(2-3-12(9)15)14(19)18-6-4-10(5-7-18)13(16)17-20/h2-3,8,10,20H,4-7H2,1H3,(H2,16,17). The van der Waals surface area contributed by atoms with E-state index in [1.165, 1.54) is 0 Å². The number of nitrogens with zero attached hydrogens (tertiary/aromatic N) is 2. The van der Waals surface area contributed by atoms with Crippen molar-refractivity contribution in [1.29, 1.82) is 0 Å². The summed E-state index contributed by atoms with van der Waals surface area (Å²) in [6.07, 6.45) is 1.43. The van der Waals surface area contributed by atoms with Crippen molar-refractivity contribution < 1.29 is 10.0 Å². The summed E-state index contributed by atoms with van der Waals surface area (Å²) < 4.78 is 0. The average Bonchev–Trinajstić information content (AvgIpc) is 2.48. The zero-order valence-electron chi connectivity index (χ0n) is 11.3. The molecule has 1 aromatic carbocycles. The van der Waals surface area contributed by atoms with E-state index in [4.69, 9.17) is 22.5 Å². The minimum absolute atomic E-state index is 0.00252. The molecule has 6 heteroatoms. The smallest absolute Gasteiger partial charge is 0.253 e. The van der Waals surface area contributed by atoms with Crippen LogP contribution in [0, 0.1) is 12.8 Å². The Balaban J connectivity index is 2.03. The molecule has 1 amide bonds. The first-order valence-electron chi connectivity index (χ1n) is 6.55. The van der Waals surface area contributed by atoms with Crippen molar-refractivity contribution in [2.45, 2.75) is 19.8 Å². The second kappa shape index (κ2) is 6.13. The predicted molar refractivity (Wildman–Crippen MR) is 78.2 cm³/mol. The Labute approximate surface area is 123 Å². The van der Waals surface area contributed by atoms with Crippen LogP contribution in [0.2, 0.25) is 5.02 Å². The molecule has 3 N–H and O–H groups in total. The highest BCUT2D eigenvalue weighted by molar-refractivity contribution is 6.31. The summed E-state index contributed by atoms with van der Waals surface area (Å²) in [5.74, 6) is 0.304. The first kappa shape index (κ1) is 14.7. The summed E-state index contributed by atoms with van der Waals surface area (Å²) in [7, 11) is 0. The largest absolute Gasteiger partial charge is 0.409 e. The van der Waals surface area contributed by atoms with E-state index >= 15 is 0 Å². The van der Waals surface area contributed by atoms with E-state index in [9.17, 15) is 4.79 Å². The quantitative estimate of drug-likeness (QED) is 0.380. The maximum atomic E-state index is 12.4. The number of oxime groups is 1. The van der Waals surface area contributed by atoms with Gasteiger partial charge in [-0.3, -0.25) is 4.79 Å². The molecule has 0 radical (unpaired) electrons. The normalized spacial score (nSPS) is 17.3. The van der Waals surface area contributed by atoms with Gasteiger partial charge in [0.25, 0.3) is 5.91 Å². The highest BCUT2D eigenvalue weighted by Gasteiger charge is 2.25. The summed E-state index contributed by atoms with van der Waals surface area (Å²) >= 11 is 5.97. The number of hydrogen-bond donors (Lipinski definition) is 2. The van der Waals surface area contributed by atoms with Crippen molar-refractivity contribution in [2.75, 3.05) is 13.1 Å². The van der Waals surface area contributed by atoms with Crippen LogP contribution < -0.4 is 5.73 Å². The average molecular weight is 296 g/mol. The van der Waals surface area contributed by atoms with E-state index in [2.05, 4.69) is 5.16 Å². The first-order chi connectivity index (χ1) is 9.52. The summed E-state index contributed by atoms with van der Waals surface area (Å²) in [6.45, 7) is 3.10. The Morgan fingerprint density at radius 2 is 2.10 bits per heavy atom. The van der Waals surface area contributed by atoms with Crippen molar-refractivity contribution in [1.82, 2.24) is 4.90 Å². The first-order valence-corrected chi connectivity index (χ1v) is 6.93. The van der Waals surface area contributed by atoms with Crippen LogP contribution in [0.15, 0.2) is 23.4 Å². The minimum Gasteiger partial charge on any atom is -0.409 e. The van der Waals surface area contributed by atoms with Crippen LogP contribution in [-0.2, 0) is 0 Å².